The number of anilines is 1. The standard InChI is InChI=1S/C22H25N3O3S2/c1-16-7-4-9-18(13-16)24-30(27,28)19-10-5-8-17(14-19)22(26)23-15-20(25(2)3)21-11-6-12-29-21/h4-14,20,24H,15H2,1-3H3,(H,23,26). The Bertz CT molecular complexity index is 1110. The number of benzene rings is 2. The molecule has 0 fully saturated rings. The second-order valence-corrected chi connectivity index (χ2v) is 9.87. The van der Waals surface area contributed by atoms with E-state index < -0.39 is 10.0 Å². The first-order valence-electron chi connectivity index (χ1n) is 9.44. The monoisotopic (exact) mass is 443 g/mol. The summed E-state index contributed by atoms with van der Waals surface area (Å²) in [5.41, 5.74) is 1.73. The molecule has 0 radical (unpaired) electrons. The van der Waals surface area contributed by atoms with Crippen LogP contribution in [-0.4, -0.2) is 39.9 Å². The Kier molecular flexibility index (Phi) is 6.91. The van der Waals surface area contributed by atoms with Crippen molar-refractivity contribution in [2.75, 3.05) is 25.4 Å². The van der Waals surface area contributed by atoms with Gasteiger partial charge in [0, 0.05) is 22.7 Å². The number of likely N-dealkylation sites (N-methyl/N-ethyl adjacent to an activating group) is 1. The summed E-state index contributed by atoms with van der Waals surface area (Å²) in [6, 6.07) is 17.2. The van der Waals surface area contributed by atoms with Crippen LogP contribution < -0.4 is 10.0 Å². The molecule has 3 aromatic rings. The van der Waals surface area contributed by atoms with Gasteiger partial charge in [-0.25, -0.2) is 8.42 Å². The number of hydrogen-bond donors (Lipinski definition) is 2. The maximum atomic E-state index is 12.8. The molecule has 0 saturated heterocycles. The Hall–Kier alpha value is -2.68. The van der Waals surface area contributed by atoms with Gasteiger partial charge in [-0.15, -0.1) is 11.3 Å². The Morgan fingerprint density at radius 3 is 2.50 bits per heavy atom. The minimum atomic E-state index is -3.80. The molecule has 0 aliphatic carbocycles. The van der Waals surface area contributed by atoms with Crippen molar-refractivity contribution in [3.05, 3.63) is 82.0 Å². The van der Waals surface area contributed by atoms with Crippen molar-refractivity contribution in [2.45, 2.75) is 17.9 Å². The van der Waals surface area contributed by atoms with Gasteiger partial charge < -0.3 is 10.2 Å². The lowest BCUT2D eigenvalue weighted by molar-refractivity contribution is 0.0942. The zero-order chi connectivity index (χ0) is 21.7. The van der Waals surface area contributed by atoms with Crippen LogP contribution in [0.2, 0.25) is 0 Å². The molecule has 0 spiro atoms. The molecule has 8 heteroatoms. The molecule has 2 aromatic carbocycles. The van der Waals surface area contributed by atoms with Gasteiger partial charge in [0.1, 0.15) is 0 Å². The molecule has 1 amide bonds. The number of carbonyl (C=O) groups excluding carboxylic acids is 1. The SMILES string of the molecule is Cc1cccc(NS(=O)(=O)c2cccc(C(=O)NCC(c3cccs3)N(C)C)c2)c1. The first-order chi connectivity index (χ1) is 14.3. The zero-order valence-corrected chi connectivity index (χ0v) is 18.8. The Morgan fingerprint density at radius 2 is 1.83 bits per heavy atom. The van der Waals surface area contributed by atoms with Crippen LogP contribution in [0.4, 0.5) is 5.69 Å². The number of sulfonamides is 1. The van der Waals surface area contributed by atoms with Crippen LogP contribution in [-0.2, 0) is 10.0 Å². The number of hydrogen-bond acceptors (Lipinski definition) is 5. The van der Waals surface area contributed by atoms with Gasteiger partial charge in [-0.2, -0.15) is 0 Å². The molecule has 1 aromatic heterocycles. The van der Waals surface area contributed by atoms with Crippen molar-refractivity contribution >= 4 is 33.0 Å². The lowest BCUT2D eigenvalue weighted by Gasteiger charge is -2.23. The largest absolute Gasteiger partial charge is 0.350 e. The number of nitrogens with zero attached hydrogens (tertiary/aromatic N) is 1. The smallest absolute Gasteiger partial charge is 0.261 e. The lowest BCUT2D eigenvalue weighted by Crippen LogP contribution is -2.34. The van der Waals surface area contributed by atoms with E-state index in [2.05, 4.69) is 10.0 Å². The van der Waals surface area contributed by atoms with E-state index in [-0.39, 0.29) is 16.8 Å². The normalized spacial score (nSPS) is 12.5. The molecular weight excluding hydrogens is 418 g/mol. The third-order valence-corrected chi connectivity index (χ3v) is 6.98. The number of thiophene rings is 1. The second-order valence-electron chi connectivity index (χ2n) is 7.21. The van der Waals surface area contributed by atoms with Crippen molar-refractivity contribution < 1.29 is 13.2 Å². The molecule has 0 aliphatic rings. The van der Waals surface area contributed by atoms with Crippen LogP contribution >= 0.6 is 11.3 Å². The summed E-state index contributed by atoms with van der Waals surface area (Å²) in [7, 11) is 0.115. The number of carbonyl (C=O) groups is 1. The molecule has 1 atom stereocenters. The highest BCUT2D eigenvalue weighted by atomic mass is 32.2. The lowest BCUT2D eigenvalue weighted by atomic mass is 10.2. The van der Waals surface area contributed by atoms with Crippen LogP contribution in [0.15, 0.2) is 70.9 Å². The maximum Gasteiger partial charge on any atom is 0.261 e. The van der Waals surface area contributed by atoms with E-state index in [0.717, 1.165) is 10.4 Å². The van der Waals surface area contributed by atoms with E-state index in [0.29, 0.717) is 17.8 Å². The minimum absolute atomic E-state index is 0.0408. The topological polar surface area (TPSA) is 78.5 Å². The van der Waals surface area contributed by atoms with Crippen LogP contribution in [0, 0.1) is 6.92 Å². The Morgan fingerprint density at radius 1 is 1.07 bits per heavy atom. The minimum Gasteiger partial charge on any atom is -0.350 e. The summed E-state index contributed by atoms with van der Waals surface area (Å²) in [6.45, 7) is 2.31. The molecule has 3 rings (SSSR count). The summed E-state index contributed by atoms with van der Waals surface area (Å²) < 4.78 is 28.1. The summed E-state index contributed by atoms with van der Waals surface area (Å²) in [5, 5.41) is 4.92. The molecule has 6 nitrogen and oxygen atoms in total. The molecule has 2 N–H and O–H groups in total. The highest BCUT2D eigenvalue weighted by Gasteiger charge is 2.19. The van der Waals surface area contributed by atoms with E-state index in [9.17, 15) is 13.2 Å². The highest BCUT2D eigenvalue weighted by molar-refractivity contribution is 7.92. The first kappa shape index (κ1) is 22.0. The molecule has 0 bridgehead atoms. The van der Waals surface area contributed by atoms with Crippen molar-refractivity contribution in [2.24, 2.45) is 0 Å². The third-order valence-electron chi connectivity index (χ3n) is 4.63. The predicted molar refractivity (Wildman–Crippen MR) is 122 cm³/mol. The molecule has 0 aliphatic heterocycles. The maximum absolute atomic E-state index is 12.8. The zero-order valence-electron chi connectivity index (χ0n) is 17.1. The predicted octanol–water partition coefficient (Wildman–Crippen LogP) is 3.89. The second kappa shape index (κ2) is 9.42. The van der Waals surface area contributed by atoms with Crippen LogP contribution in [0.5, 0.6) is 0 Å². The fourth-order valence-corrected chi connectivity index (χ4v) is 5.05. The molecule has 1 unspecified atom stereocenters. The van der Waals surface area contributed by atoms with E-state index >= 15 is 0 Å². The van der Waals surface area contributed by atoms with Gasteiger partial charge in [-0.05, 0) is 68.4 Å². The average molecular weight is 444 g/mol. The summed E-state index contributed by atoms with van der Waals surface area (Å²) >= 11 is 1.63. The van der Waals surface area contributed by atoms with Gasteiger partial charge in [0.25, 0.3) is 15.9 Å². The van der Waals surface area contributed by atoms with Gasteiger partial charge in [0.05, 0.1) is 10.9 Å². The highest BCUT2D eigenvalue weighted by Crippen LogP contribution is 2.23. The van der Waals surface area contributed by atoms with Crippen molar-refractivity contribution in [3.63, 3.8) is 0 Å². The number of nitrogens with one attached hydrogen (secondary N) is 2. The van der Waals surface area contributed by atoms with Crippen LogP contribution in [0.1, 0.15) is 26.8 Å². The van der Waals surface area contributed by atoms with E-state index in [4.69, 9.17) is 0 Å². The van der Waals surface area contributed by atoms with E-state index in [1.54, 1.807) is 41.7 Å². The summed E-state index contributed by atoms with van der Waals surface area (Å²) in [5.74, 6) is -0.314. The molecule has 0 saturated carbocycles. The third kappa shape index (κ3) is 5.47. The summed E-state index contributed by atoms with van der Waals surface area (Å²) in [4.78, 5) is 15.9. The molecule has 30 heavy (non-hydrogen) atoms. The average Bonchev–Trinajstić information content (AvgIpc) is 3.22. The Labute approximate surface area is 181 Å². The number of rotatable bonds is 8. The van der Waals surface area contributed by atoms with E-state index in [1.165, 1.54) is 12.1 Å². The Balaban J connectivity index is 1.73. The van der Waals surface area contributed by atoms with Crippen LogP contribution in [0.3, 0.4) is 0 Å². The van der Waals surface area contributed by atoms with Gasteiger partial charge in [0.2, 0.25) is 0 Å². The van der Waals surface area contributed by atoms with Crippen molar-refractivity contribution in [1.29, 1.82) is 0 Å². The molecule has 1 heterocycles. The van der Waals surface area contributed by atoms with Gasteiger partial charge >= 0.3 is 0 Å². The quantitative estimate of drug-likeness (QED) is 0.554. The van der Waals surface area contributed by atoms with Gasteiger partial charge in [-0.1, -0.05) is 24.3 Å². The summed E-state index contributed by atoms with van der Waals surface area (Å²) in [6.07, 6.45) is 0. The van der Waals surface area contributed by atoms with Crippen molar-refractivity contribution in [1.82, 2.24) is 10.2 Å². The molecular formula is C22H25N3O3S2. The number of amides is 1. The van der Waals surface area contributed by atoms with Gasteiger partial charge in [-0.3, -0.25) is 9.52 Å². The fraction of sp³-hybridized carbons (Fsp3) is 0.227. The van der Waals surface area contributed by atoms with Crippen LogP contribution in [0.25, 0.3) is 0 Å². The van der Waals surface area contributed by atoms with E-state index in [1.807, 2.05) is 49.5 Å². The first-order valence-corrected chi connectivity index (χ1v) is 11.8. The fourth-order valence-electron chi connectivity index (χ4n) is 3.04. The molecule has 158 valence electrons. The van der Waals surface area contributed by atoms with Crippen molar-refractivity contribution in [3.8, 4) is 0 Å². The van der Waals surface area contributed by atoms with Gasteiger partial charge in [0.15, 0.2) is 0 Å². The number of aryl methyl sites for hydroxylation is 1.